The van der Waals surface area contributed by atoms with Crippen molar-refractivity contribution >= 4 is 11.2 Å². The number of ether oxygens (including phenoxy) is 1. The van der Waals surface area contributed by atoms with E-state index in [1.807, 2.05) is 12.1 Å². The van der Waals surface area contributed by atoms with Crippen molar-refractivity contribution in [2.45, 2.75) is 6.54 Å². The number of nitrogen functional groups attached to an aromatic ring is 1. The van der Waals surface area contributed by atoms with E-state index in [0.717, 1.165) is 5.56 Å². The number of rotatable bonds is 3. The van der Waals surface area contributed by atoms with Gasteiger partial charge in [0.15, 0.2) is 0 Å². The molecule has 6 heteroatoms. The Kier molecular flexibility index (Phi) is 2.90. The molecule has 2 N–H and O–H groups in total. The summed E-state index contributed by atoms with van der Waals surface area (Å²) in [4.78, 5) is 12.2. The Morgan fingerprint density at radius 3 is 2.90 bits per heavy atom. The number of benzene rings is 1. The van der Waals surface area contributed by atoms with Crippen LogP contribution in [0.1, 0.15) is 5.56 Å². The highest BCUT2D eigenvalue weighted by atomic mass is 16.5. The van der Waals surface area contributed by atoms with E-state index in [4.69, 9.17) is 10.5 Å². The lowest BCUT2D eigenvalue weighted by Gasteiger charge is -2.09. The maximum atomic E-state index is 12.2. The number of nitrogens with zero attached hydrogens (tertiary/aromatic N) is 3. The minimum atomic E-state index is -0.0839. The molecule has 2 aromatic heterocycles. The second-order valence-corrected chi connectivity index (χ2v) is 4.47. The van der Waals surface area contributed by atoms with Gasteiger partial charge in [-0.05, 0) is 23.8 Å². The molecular formula is C14H14N4O2. The van der Waals surface area contributed by atoms with Gasteiger partial charge < -0.3 is 15.0 Å². The first-order valence-corrected chi connectivity index (χ1v) is 6.14. The van der Waals surface area contributed by atoms with Gasteiger partial charge in [0.2, 0.25) is 0 Å². The van der Waals surface area contributed by atoms with E-state index >= 15 is 0 Å². The molecule has 3 rings (SSSR count). The van der Waals surface area contributed by atoms with Crippen LogP contribution >= 0.6 is 0 Å². The quantitative estimate of drug-likeness (QED) is 0.724. The van der Waals surface area contributed by atoms with Crippen molar-refractivity contribution in [1.29, 1.82) is 0 Å². The SMILES string of the molecule is COc1ccc(Cn2ccn3nccc3c2=O)cc1N. The molecule has 0 amide bonds. The summed E-state index contributed by atoms with van der Waals surface area (Å²) in [6, 6.07) is 7.20. The van der Waals surface area contributed by atoms with Crippen molar-refractivity contribution in [1.82, 2.24) is 14.2 Å². The molecule has 0 fully saturated rings. The third-order valence-corrected chi connectivity index (χ3v) is 3.19. The lowest BCUT2D eigenvalue weighted by atomic mass is 10.2. The van der Waals surface area contributed by atoms with E-state index in [1.165, 1.54) is 0 Å². The molecule has 0 aliphatic rings. The average Bonchev–Trinajstić information content (AvgIpc) is 2.91. The predicted molar refractivity (Wildman–Crippen MR) is 76.0 cm³/mol. The van der Waals surface area contributed by atoms with Crippen LogP contribution in [0, 0.1) is 0 Å². The molecular weight excluding hydrogens is 256 g/mol. The Morgan fingerprint density at radius 1 is 1.30 bits per heavy atom. The second kappa shape index (κ2) is 4.73. The van der Waals surface area contributed by atoms with Gasteiger partial charge in [-0.2, -0.15) is 5.10 Å². The largest absolute Gasteiger partial charge is 0.495 e. The molecule has 0 saturated heterocycles. The molecule has 3 aromatic rings. The Labute approximate surface area is 115 Å². The molecule has 2 heterocycles. The number of methoxy groups -OCH3 is 1. The van der Waals surface area contributed by atoms with Gasteiger partial charge in [-0.25, -0.2) is 4.52 Å². The summed E-state index contributed by atoms with van der Waals surface area (Å²) in [5.74, 6) is 0.632. The molecule has 0 unspecified atom stereocenters. The molecule has 0 aliphatic carbocycles. The molecule has 20 heavy (non-hydrogen) atoms. The van der Waals surface area contributed by atoms with Crippen LogP contribution in [-0.4, -0.2) is 21.3 Å². The fourth-order valence-electron chi connectivity index (χ4n) is 2.16. The zero-order chi connectivity index (χ0) is 14.1. The molecule has 0 spiro atoms. The van der Waals surface area contributed by atoms with Gasteiger partial charge in [-0.1, -0.05) is 6.07 Å². The molecule has 0 radical (unpaired) electrons. The number of hydrogen-bond acceptors (Lipinski definition) is 4. The Balaban J connectivity index is 1.98. The molecule has 102 valence electrons. The standard InChI is InChI=1S/C14H14N4O2/c1-20-13-3-2-10(8-11(13)15)9-17-6-7-18-12(14(17)19)4-5-16-18/h2-8H,9,15H2,1H3. The van der Waals surface area contributed by atoms with E-state index in [2.05, 4.69) is 5.10 Å². The van der Waals surface area contributed by atoms with Crippen LogP contribution < -0.4 is 16.0 Å². The van der Waals surface area contributed by atoms with Crippen LogP contribution in [0.5, 0.6) is 5.75 Å². The van der Waals surface area contributed by atoms with Crippen molar-refractivity contribution in [3.63, 3.8) is 0 Å². The van der Waals surface area contributed by atoms with Gasteiger partial charge >= 0.3 is 0 Å². The fraction of sp³-hybridized carbons (Fsp3) is 0.143. The van der Waals surface area contributed by atoms with Crippen molar-refractivity contribution in [2.24, 2.45) is 0 Å². The summed E-state index contributed by atoms with van der Waals surface area (Å²) >= 11 is 0. The van der Waals surface area contributed by atoms with Crippen LogP contribution in [0.2, 0.25) is 0 Å². The van der Waals surface area contributed by atoms with Crippen molar-refractivity contribution in [2.75, 3.05) is 12.8 Å². The van der Waals surface area contributed by atoms with Crippen LogP contribution in [0.15, 0.2) is 47.7 Å². The zero-order valence-corrected chi connectivity index (χ0v) is 11.0. The summed E-state index contributed by atoms with van der Waals surface area (Å²) < 4.78 is 8.30. The summed E-state index contributed by atoms with van der Waals surface area (Å²) in [5.41, 5.74) is 7.84. The highest BCUT2D eigenvalue weighted by Gasteiger charge is 2.05. The average molecular weight is 270 g/mol. The Hall–Kier alpha value is -2.76. The van der Waals surface area contributed by atoms with E-state index < -0.39 is 0 Å². The van der Waals surface area contributed by atoms with Crippen molar-refractivity contribution in [3.05, 3.63) is 58.8 Å². The highest BCUT2D eigenvalue weighted by Crippen LogP contribution is 2.22. The first kappa shape index (κ1) is 12.3. The third kappa shape index (κ3) is 2.01. The first-order valence-electron chi connectivity index (χ1n) is 6.14. The zero-order valence-electron chi connectivity index (χ0n) is 11.0. The number of hydrogen-bond donors (Lipinski definition) is 1. The Morgan fingerprint density at radius 2 is 2.15 bits per heavy atom. The van der Waals surface area contributed by atoms with Gasteiger partial charge in [-0.3, -0.25) is 4.79 Å². The number of fused-ring (bicyclic) bond motifs is 1. The van der Waals surface area contributed by atoms with E-state index in [-0.39, 0.29) is 5.56 Å². The minimum absolute atomic E-state index is 0.0839. The molecule has 6 nitrogen and oxygen atoms in total. The molecule has 0 aliphatic heterocycles. The monoisotopic (exact) mass is 270 g/mol. The molecule has 0 bridgehead atoms. The molecule has 0 atom stereocenters. The first-order chi connectivity index (χ1) is 9.69. The second-order valence-electron chi connectivity index (χ2n) is 4.47. The fourth-order valence-corrected chi connectivity index (χ4v) is 2.16. The predicted octanol–water partition coefficient (Wildman–Crippen LogP) is 1.14. The number of anilines is 1. The van der Waals surface area contributed by atoms with Gasteiger partial charge in [0.05, 0.1) is 25.5 Å². The van der Waals surface area contributed by atoms with E-state index in [9.17, 15) is 4.79 Å². The van der Waals surface area contributed by atoms with Gasteiger partial charge in [0, 0.05) is 12.4 Å². The Bertz CT molecular complexity index is 819. The molecule has 1 aromatic carbocycles. The van der Waals surface area contributed by atoms with E-state index in [0.29, 0.717) is 23.5 Å². The molecule has 0 saturated carbocycles. The van der Waals surface area contributed by atoms with E-state index in [1.54, 1.807) is 46.9 Å². The lowest BCUT2D eigenvalue weighted by molar-refractivity contribution is 0.417. The highest BCUT2D eigenvalue weighted by molar-refractivity contribution is 5.54. The van der Waals surface area contributed by atoms with Crippen LogP contribution in [0.3, 0.4) is 0 Å². The smallest absolute Gasteiger partial charge is 0.276 e. The topological polar surface area (TPSA) is 74.5 Å². The van der Waals surface area contributed by atoms with Crippen molar-refractivity contribution < 1.29 is 4.74 Å². The normalized spacial score (nSPS) is 10.8. The summed E-state index contributed by atoms with van der Waals surface area (Å²) in [6.45, 7) is 0.453. The summed E-state index contributed by atoms with van der Waals surface area (Å²) in [5, 5.41) is 4.03. The maximum Gasteiger partial charge on any atom is 0.276 e. The maximum absolute atomic E-state index is 12.2. The summed E-state index contributed by atoms with van der Waals surface area (Å²) in [6.07, 6.45) is 5.07. The third-order valence-electron chi connectivity index (χ3n) is 3.19. The number of aromatic nitrogens is 3. The van der Waals surface area contributed by atoms with Crippen molar-refractivity contribution in [3.8, 4) is 5.75 Å². The minimum Gasteiger partial charge on any atom is -0.495 e. The van der Waals surface area contributed by atoms with Crippen LogP contribution in [0.4, 0.5) is 5.69 Å². The van der Waals surface area contributed by atoms with Gasteiger partial charge in [0.1, 0.15) is 11.3 Å². The van der Waals surface area contributed by atoms with Gasteiger partial charge in [-0.15, -0.1) is 0 Å². The van der Waals surface area contributed by atoms with Crippen LogP contribution in [0.25, 0.3) is 5.52 Å². The number of nitrogens with two attached hydrogens (primary N) is 1. The van der Waals surface area contributed by atoms with Crippen LogP contribution in [-0.2, 0) is 6.54 Å². The lowest BCUT2D eigenvalue weighted by Crippen LogP contribution is -2.21. The van der Waals surface area contributed by atoms with Gasteiger partial charge in [0.25, 0.3) is 5.56 Å². The summed E-state index contributed by atoms with van der Waals surface area (Å²) in [7, 11) is 1.57.